The number of nitro groups is 2. The number of benzene rings is 1. The summed E-state index contributed by atoms with van der Waals surface area (Å²) in [5.41, 5.74) is -0.189. The lowest BCUT2D eigenvalue weighted by Gasteiger charge is -2.15. The Balaban J connectivity index is 2.89. The molecule has 0 amide bonds. The first kappa shape index (κ1) is 16.0. The smallest absolute Gasteiger partial charge is 0.280 e. The molecule has 0 fully saturated rings. The predicted octanol–water partition coefficient (Wildman–Crippen LogP) is 1.75. The average molecular weight is 283 g/mol. The molecule has 8 heteroatoms. The van der Waals surface area contributed by atoms with E-state index in [0.29, 0.717) is 12.0 Å². The van der Waals surface area contributed by atoms with Crippen LogP contribution in [0.3, 0.4) is 0 Å². The molecule has 8 nitrogen and oxygen atoms in total. The Morgan fingerprint density at radius 3 is 2.50 bits per heavy atom. The molecule has 0 spiro atoms. The van der Waals surface area contributed by atoms with Crippen molar-refractivity contribution in [2.45, 2.75) is 32.4 Å². The molecule has 20 heavy (non-hydrogen) atoms. The number of hydrogen-bond donors (Lipinski definition) is 2. The topological polar surface area (TPSA) is 119 Å². The lowest BCUT2D eigenvalue weighted by atomic mass is 10.1. The maximum atomic E-state index is 11.0. The first-order chi connectivity index (χ1) is 9.49. The third kappa shape index (κ3) is 4.25. The molecule has 2 N–H and O–H groups in total. The first-order valence-corrected chi connectivity index (χ1v) is 6.25. The van der Waals surface area contributed by atoms with Gasteiger partial charge in [0.05, 0.1) is 15.9 Å². The van der Waals surface area contributed by atoms with Gasteiger partial charge in [-0.1, -0.05) is 6.92 Å². The third-order valence-corrected chi connectivity index (χ3v) is 3.03. The van der Waals surface area contributed by atoms with Crippen LogP contribution in [0.1, 0.15) is 25.3 Å². The van der Waals surface area contributed by atoms with Gasteiger partial charge in [0.25, 0.3) is 11.4 Å². The number of nitrogens with one attached hydrogen (secondary N) is 1. The van der Waals surface area contributed by atoms with E-state index in [1.807, 2.05) is 6.92 Å². The number of rotatable bonds is 8. The Bertz CT molecular complexity index is 492. The van der Waals surface area contributed by atoms with Crippen LogP contribution in [0.25, 0.3) is 0 Å². The van der Waals surface area contributed by atoms with E-state index in [4.69, 9.17) is 5.11 Å². The van der Waals surface area contributed by atoms with Crippen LogP contribution in [-0.4, -0.2) is 27.6 Å². The molecular formula is C12H17N3O5. The van der Waals surface area contributed by atoms with E-state index >= 15 is 0 Å². The molecule has 1 aromatic carbocycles. The Labute approximate surface area is 115 Å². The third-order valence-electron chi connectivity index (χ3n) is 3.03. The molecule has 0 heterocycles. The maximum Gasteiger partial charge on any atom is 0.280 e. The summed E-state index contributed by atoms with van der Waals surface area (Å²) in [6.07, 6.45) is 1.33. The highest BCUT2D eigenvalue weighted by Gasteiger charge is 2.19. The van der Waals surface area contributed by atoms with Gasteiger partial charge in [0.1, 0.15) is 0 Å². The van der Waals surface area contributed by atoms with Crippen LogP contribution in [0.5, 0.6) is 0 Å². The summed E-state index contributed by atoms with van der Waals surface area (Å²) in [4.78, 5) is 20.3. The van der Waals surface area contributed by atoms with Crippen LogP contribution >= 0.6 is 0 Å². The standard InChI is InChI=1S/C12H17N3O5/c1-2-10(5-6-16)13-8-9-3-4-11(14(17)18)7-12(9)15(19)20/h3-4,7,10,13,16H,2,5-6,8H2,1H3. The van der Waals surface area contributed by atoms with Crippen molar-refractivity contribution >= 4 is 11.4 Å². The normalized spacial score (nSPS) is 12.1. The van der Waals surface area contributed by atoms with Gasteiger partial charge in [0, 0.05) is 30.8 Å². The Kier molecular flexibility index (Phi) is 6.01. The molecule has 1 atom stereocenters. The van der Waals surface area contributed by atoms with E-state index < -0.39 is 9.85 Å². The molecule has 0 saturated heterocycles. The van der Waals surface area contributed by atoms with Crippen molar-refractivity contribution < 1.29 is 15.0 Å². The summed E-state index contributed by atoms with van der Waals surface area (Å²) in [7, 11) is 0. The minimum Gasteiger partial charge on any atom is -0.396 e. The van der Waals surface area contributed by atoms with Crippen molar-refractivity contribution in [1.29, 1.82) is 0 Å². The van der Waals surface area contributed by atoms with Crippen LogP contribution < -0.4 is 5.32 Å². The lowest BCUT2D eigenvalue weighted by Crippen LogP contribution is -2.29. The van der Waals surface area contributed by atoms with Gasteiger partial charge < -0.3 is 10.4 Å². The summed E-state index contributed by atoms with van der Waals surface area (Å²) in [5.74, 6) is 0. The minimum absolute atomic E-state index is 0.0356. The number of aliphatic hydroxyl groups excluding tert-OH is 1. The fraction of sp³-hybridized carbons (Fsp3) is 0.500. The van der Waals surface area contributed by atoms with Crippen molar-refractivity contribution in [1.82, 2.24) is 5.32 Å². The second kappa shape index (κ2) is 7.51. The molecule has 0 saturated carbocycles. The second-order valence-electron chi connectivity index (χ2n) is 4.33. The van der Waals surface area contributed by atoms with Crippen LogP contribution in [-0.2, 0) is 6.54 Å². The van der Waals surface area contributed by atoms with Crippen molar-refractivity contribution in [2.24, 2.45) is 0 Å². The highest BCUT2D eigenvalue weighted by molar-refractivity contribution is 5.49. The molecule has 0 aromatic heterocycles. The van der Waals surface area contributed by atoms with Gasteiger partial charge in [-0.15, -0.1) is 0 Å². The van der Waals surface area contributed by atoms with Gasteiger partial charge in [0.2, 0.25) is 0 Å². The second-order valence-corrected chi connectivity index (χ2v) is 4.33. The number of non-ortho nitro benzene ring substituents is 1. The van der Waals surface area contributed by atoms with E-state index in [-0.39, 0.29) is 30.6 Å². The van der Waals surface area contributed by atoms with Gasteiger partial charge >= 0.3 is 0 Å². The van der Waals surface area contributed by atoms with E-state index in [2.05, 4.69) is 5.32 Å². The van der Waals surface area contributed by atoms with Crippen LogP contribution in [0.15, 0.2) is 18.2 Å². The SMILES string of the molecule is CCC(CCO)NCc1ccc([N+](=O)[O-])cc1[N+](=O)[O-]. The van der Waals surface area contributed by atoms with Crippen LogP contribution in [0.4, 0.5) is 11.4 Å². The summed E-state index contributed by atoms with van der Waals surface area (Å²) in [5, 5.41) is 33.6. The molecule has 1 rings (SSSR count). The van der Waals surface area contributed by atoms with E-state index in [1.165, 1.54) is 12.1 Å². The molecule has 1 aromatic rings. The monoisotopic (exact) mass is 283 g/mol. The highest BCUT2D eigenvalue weighted by Crippen LogP contribution is 2.24. The Morgan fingerprint density at radius 1 is 1.30 bits per heavy atom. The number of aliphatic hydroxyl groups is 1. The molecule has 110 valence electrons. The van der Waals surface area contributed by atoms with Gasteiger partial charge in [-0.05, 0) is 18.9 Å². The molecular weight excluding hydrogens is 266 g/mol. The Morgan fingerprint density at radius 2 is 2.00 bits per heavy atom. The molecule has 0 aliphatic heterocycles. The minimum atomic E-state index is -0.662. The number of hydrogen-bond acceptors (Lipinski definition) is 6. The zero-order valence-electron chi connectivity index (χ0n) is 11.1. The molecule has 0 aliphatic rings. The quantitative estimate of drug-likeness (QED) is 0.554. The summed E-state index contributed by atoms with van der Waals surface area (Å²) >= 11 is 0. The number of nitro benzene ring substituents is 2. The van der Waals surface area contributed by atoms with Crippen molar-refractivity contribution in [3.8, 4) is 0 Å². The first-order valence-electron chi connectivity index (χ1n) is 6.25. The van der Waals surface area contributed by atoms with Crippen molar-refractivity contribution in [2.75, 3.05) is 6.61 Å². The van der Waals surface area contributed by atoms with Crippen molar-refractivity contribution in [3.05, 3.63) is 44.0 Å². The summed E-state index contributed by atoms with van der Waals surface area (Å²) in [6, 6.07) is 3.64. The van der Waals surface area contributed by atoms with E-state index in [0.717, 1.165) is 12.5 Å². The molecule has 0 aliphatic carbocycles. The predicted molar refractivity (Wildman–Crippen MR) is 72.4 cm³/mol. The van der Waals surface area contributed by atoms with Gasteiger partial charge in [-0.2, -0.15) is 0 Å². The summed E-state index contributed by atoms with van der Waals surface area (Å²) < 4.78 is 0. The zero-order chi connectivity index (χ0) is 15.1. The van der Waals surface area contributed by atoms with Gasteiger partial charge in [-0.3, -0.25) is 20.2 Å². The van der Waals surface area contributed by atoms with E-state index in [1.54, 1.807) is 0 Å². The Hall–Kier alpha value is -2.06. The van der Waals surface area contributed by atoms with Crippen LogP contribution in [0, 0.1) is 20.2 Å². The van der Waals surface area contributed by atoms with Gasteiger partial charge in [-0.25, -0.2) is 0 Å². The van der Waals surface area contributed by atoms with E-state index in [9.17, 15) is 20.2 Å². The highest BCUT2D eigenvalue weighted by atomic mass is 16.6. The lowest BCUT2D eigenvalue weighted by molar-refractivity contribution is -0.394. The molecule has 1 unspecified atom stereocenters. The van der Waals surface area contributed by atoms with Crippen LogP contribution in [0.2, 0.25) is 0 Å². The largest absolute Gasteiger partial charge is 0.396 e. The fourth-order valence-corrected chi connectivity index (χ4v) is 1.85. The maximum absolute atomic E-state index is 11.0. The van der Waals surface area contributed by atoms with Crippen molar-refractivity contribution in [3.63, 3.8) is 0 Å². The molecule has 0 bridgehead atoms. The fourth-order valence-electron chi connectivity index (χ4n) is 1.85. The summed E-state index contributed by atoms with van der Waals surface area (Å²) in [6.45, 7) is 2.21. The number of nitrogens with zero attached hydrogens (tertiary/aromatic N) is 2. The van der Waals surface area contributed by atoms with Gasteiger partial charge in [0.15, 0.2) is 0 Å². The molecule has 0 radical (unpaired) electrons. The zero-order valence-corrected chi connectivity index (χ0v) is 11.1. The average Bonchev–Trinajstić information content (AvgIpc) is 2.42.